The largest absolute Gasteiger partial charge is 0.451 e. The fraction of sp³-hybridized carbons (Fsp3) is 0.235. The number of rotatable bonds is 7. The Morgan fingerprint density at radius 3 is 2.70 bits per heavy atom. The van der Waals surface area contributed by atoms with Crippen molar-refractivity contribution >= 4 is 38.9 Å². The Kier molecular flexibility index (Phi) is 6.24. The number of hydrogen-bond acceptors (Lipinski definition) is 9. The summed E-state index contributed by atoms with van der Waals surface area (Å²) in [6.45, 7) is 1.11. The van der Waals surface area contributed by atoms with E-state index in [1.54, 1.807) is 30.5 Å². The van der Waals surface area contributed by atoms with Crippen LogP contribution >= 0.6 is 11.3 Å². The van der Waals surface area contributed by atoms with E-state index < -0.39 is 28.5 Å². The number of anilines is 1. The zero-order valence-electron chi connectivity index (χ0n) is 16.3. The summed E-state index contributed by atoms with van der Waals surface area (Å²) >= 11 is 1.13. The number of nitrogens with zero attached hydrogens (tertiary/aromatic N) is 5. The van der Waals surface area contributed by atoms with Gasteiger partial charge < -0.3 is 10.1 Å². The van der Waals surface area contributed by atoms with Crippen molar-refractivity contribution in [3.63, 3.8) is 0 Å². The van der Waals surface area contributed by atoms with E-state index in [1.165, 1.54) is 31.2 Å². The molecule has 158 valence electrons. The first kappa shape index (κ1) is 21.5. The molecule has 3 rings (SSSR count). The van der Waals surface area contributed by atoms with E-state index >= 15 is 0 Å². The molecule has 0 aliphatic heterocycles. The van der Waals surface area contributed by atoms with E-state index in [4.69, 9.17) is 4.74 Å². The average molecular weight is 451 g/mol. The Bertz CT molecular complexity index is 1170. The van der Waals surface area contributed by atoms with Gasteiger partial charge in [0.05, 0.1) is 10.6 Å². The summed E-state index contributed by atoms with van der Waals surface area (Å²) < 4.78 is 32.3. The van der Waals surface area contributed by atoms with Crippen LogP contribution in [0.25, 0.3) is 5.69 Å². The number of benzene rings is 1. The Morgan fingerprint density at radius 2 is 2.03 bits per heavy atom. The van der Waals surface area contributed by atoms with Gasteiger partial charge in [0.15, 0.2) is 6.61 Å². The van der Waals surface area contributed by atoms with E-state index in [9.17, 15) is 18.0 Å². The molecule has 0 bridgehead atoms. The number of aromatic nitrogens is 4. The Labute approximate surface area is 176 Å². The Morgan fingerprint density at radius 1 is 1.27 bits per heavy atom. The molecule has 2 heterocycles. The van der Waals surface area contributed by atoms with Crippen molar-refractivity contribution < 1.29 is 22.7 Å². The maximum absolute atomic E-state index is 12.4. The van der Waals surface area contributed by atoms with Crippen molar-refractivity contribution in [2.45, 2.75) is 11.8 Å². The quantitative estimate of drug-likeness (QED) is 0.528. The third-order valence-electron chi connectivity index (χ3n) is 3.99. The topological polar surface area (TPSA) is 136 Å². The van der Waals surface area contributed by atoms with Crippen LogP contribution in [0, 0.1) is 6.92 Å². The first-order valence-electron chi connectivity index (χ1n) is 8.51. The summed E-state index contributed by atoms with van der Waals surface area (Å²) in [5.74, 6) is -1.31. The normalized spacial score (nSPS) is 11.5. The van der Waals surface area contributed by atoms with E-state index in [-0.39, 0.29) is 15.5 Å². The zero-order valence-corrected chi connectivity index (χ0v) is 17.9. The lowest BCUT2D eigenvalue weighted by atomic mass is 10.2. The molecule has 3 aromatic rings. The molecule has 11 nitrogen and oxygen atoms in total. The summed E-state index contributed by atoms with van der Waals surface area (Å²) in [4.78, 5) is 24.8. The molecule has 0 radical (unpaired) electrons. The molecule has 0 saturated heterocycles. The van der Waals surface area contributed by atoms with Crippen LogP contribution in [-0.2, 0) is 19.6 Å². The monoisotopic (exact) mass is 450 g/mol. The number of sulfonamides is 1. The number of nitrogens with one attached hydrogen (secondary N) is 1. The summed E-state index contributed by atoms with van der Waals surface area (Å²) in [7, 11) is -0.819. The van der Waals surface area contributed by atoms with Gasteiger partial charge >= 0.3 is 5.97 Å². The predicted molar refractivity (Wildman–Crippen MR) is 108 cm³/mol. The molecule has 13 heteroatoms. The van der Waals surface area contributed by atoms with Gasteiger partial charge in [-0.2, -0.15) is 4.68 Å². The standard InChI is InChI=1S/C17H18N6O5S2/c1-11-4-5-12(8-14(11)30(26,27)22(2)3)19-15(24)9-28-17(25)16-13(6-7-29-16)23-10-18-20-21-23/h4-8,10H,9H2,1-3H3,(H,19,24). The first-order valence-corrected chi connectivity index (χ1v) is 10.8. The number of hydrogen-bond donors (Lipinski definition) is 1. The molecule has 0 aliphatic rings. The van der Waals surface area contributed by atoms with Crippen LogP contribution in [0.15, 0.2) is 40.9 Å². The number of thiophene rings is 1. The zero-order chi connectivity index (χ0) is 21.9. The van der Waals surface area contributed by atoms with Crippen LogP contribution in [0.5, 0.6) is 0 Å². The maximum Gasteiger partial charge on any atom is 0.351 e. The second-order valence-electron chi connectivity index (χ2n) is 6.28. The Hall–Kier alpha value is -3.16. The van der Waals surface area contributed by atoms with Gasteiger partial charge in [0, 0.05) is 19.8 Å². The summed E-state index contributed by atoms with van der Waals surface area (Å²) in [6.07, 6.45) is 1.34. The van der Waals surface area contributed by atoms with Crippen LogP contribution in [0.2, 0.25) is 0 Å². The van der Waals surface area contributed by atoms with Crippen molar-refractivity contribution in [1.82, 2.24) is 24.5 Å². The highest BCUT2D eigenvalue weighted by Gasteiger charge is 2.21. The minimum atomic E-state index is -3.67. The van der Waals surface area contributed by atoms with Gasteiger partial charge in [-0.1, -0.05) is 6.07 Å². The van der Waals surface area contributed by atoms with Gasteiger partial charge in [-0.15, -0.1) is 16.4 Å². The number of ether oxygens (including phenoxy) is 1. The van der Waals surface area contributed by atoms with E-state index in [2.05, 4.69) is 20.8 Å². The smallest absolute Gasteiger partial charge is 0.351 e. The molecule has 0 fully saturated rings. The lowest BCUT2D eigenvalue weighted by molar-refractivity contribution is -0.119. The second-order valence-corrected chi connectivity index (χ2v) is 9.32. The van der Waals surface area contributed by atoms with Gasteiger partial charge in [0.1, 0.15) is 11.2 Å². The summed E-state index contributed by atoms with van der Waals surface area (Å²) in [5, 5.41) is 15.0. The highest BCUT2D eigenvalue weighted by atomic mass is 32.2. The van der Waals surface area contributed by atoms with Crippen LogP contribution < -0.4 is 5.32 Å². The number of esters is 1. The summed E-state index contributed by atoms with van der Waals surface area (Å²) in [6, 6.07) is 6.16. The van der Waals surface area contributed by atoms with E-state index in [0.717, 1.165) is 15.6 Å². The van der Waals surface area contributed by atoms with Crippen molar-refractivity contribution in [2.24, 2.45) is 0 Å². The van der Waals surface area contributed by atoms with E-state index in [0.29, 0.717) is 11.3 Å². The molecule has 1 N–H and O–H groups in total. The number of aryl methyl sites for hydroxylation is 1. The van der Waals surface area contributed by atoms with Crippen molar-refractivity contribution in [3.05, 3.63) is 46.4 Å². The van der Waals surface area contributed by atoms with Gasteiger partial charge in [0.2, 0.25) is 10.0 Å². The van der Waals surface area contributed by atoms with Crippen LogP contribution in [0.4, 0.5) is 5.69 Å². The predicted octanol–water partition coefficient (Wildman–Crippen LogP) is 1.08. The van der Waals surface area contributed by atoms with Crippen LogP contribution in [0.1, 0.15) is 15.2 Å². The average Bonchev–Trinajstić information content (AvgIpc) is 3.38. The lowest BCUT2D eigenvalue weighted by Gasteiger charge is -2.15. The van der Waals surface area contributed by atoms with Gasteiger partial charge in [-0.25, -0.2) is 17.5 Å². The summed E-state index contributed by atoms with van der Waals surface area (Å²) in [5.41, 5.74) is 1.25. The van der Waals surface area contributed by atoms with Crippen LogP contribution in [0.3, 0.4) is 0 Å². The molecule has 1 amide bonds. The van der Waals surface area contributed by atoms with Gasteiger partial charge in [0.25, 0.3) is 5.91 Å². The van der Waals surface area contributed by atoms with Crippen molar-refractivity contribution in [2.75, 3.05) is 26.0 Å². The Balaban J connectivity index is 1.66. The molecule has 30 heavy (non-hydrogen) atoms. The number of carbonyl (C=O) groups excluding carboxylic acids is 2. The molecule has 1 aromatic carbocycles. The van der Waals surface area contributed by atoms with Crippen molar-refractivity contribution in [1.29, 1.82) is 0 Å². The molecule has 0 saturated carbocycles. The SMILES string of the molecule is Cc1ccc(NC(=O)COC(=O)c2sccc2-n2cnnn2)cc1S(=O)(=O)N(C)C. The molecular weight excluding hydrogens is 432 g/mol. The minimum Gasteiger partial charge on any atom is -0.451 e. The molecule has 0 unspecified atom stereocenters. The number of carbonyl (C=O) groups is 2. The highest BCUT2D eigenvalue weighted by molar-refractivity contribution is 7.89. The fourth-order valence-corrected chi connectivity index (χ4v) is 4.37. The molecule has 2 aromatic heterocycles. The van der Waals surface area contributed by atoms with E-state index in [1.807, 2.05) is 0 Å². The van der Waals surface area contributed by atoms with Crippen molar-refractivity contribution in [3.8, 4) is 5.69 Å². The first-order chi connectivity index (χ1) is 14.2. The fourth-order valence-electron chi connectivity index (χ4n) is 2.45. The minimum absolute atomic E-state index is 0.0759. The molecule has 0 aliphatic carbocycles. The molecule has 0 spiro atoms. The number of tetrazole rings is 1. The third-order valence-corrected chi connectivity index (χ3v) is 6.83. The third kappa shape index (κ3) is 4.53. The maximum atomic E-state index is 12.4. The highest BCUT2D eigenvalue weighted by Crippen LogP contribution is 2.23. The van der Waals surface area contributed by atoms with Gasteiger partial charge in [-0.3, -0.25) is 4.79 Å². The number of amides is 1. The molecular formula is C17H18N6O5S2. The molecule has 0 atom stereocenters. The second kappa shape index (κ2) is 8.69. The lowest BCUT2D eigenvalue weighted by Crippen LogP contribution is -2.24. The van der Waals surface area contributed by atoms with Crippen LogP contribution in [-0.4, -0.2) is 65.5 Å². The van der Waals surface area contributed by atoms with Gasteiger partial charge in [-0.05, 0) is 46.5 Å².